The fraction of sp³-hybridized carbons (Fsp3) is 0.481. The van der Waals surface area contributed by atoms with Crippen LogP contribution in [0.15, 0.2) is 59.1 Å². The lowest BCUT2D eigenvalue weighted by Gasteiger charge is -2.39. The molecule has 1 heterocycles. The zero-order valence-corrected chi connectivity index (χ0v) is 19.9. The SMILES string of the molecule is CC1(C)C[C@@H]2C[C@@](C)(CN2CC#CC[C@](O)(c2ccccc2)c2ccc(Br)cc2)C1. The molecule has 4 rings (SSSR count). The molecule has 1 aliphatic heterocycles. The summed E-state index contributed by atoms with van der Waals surface area (Å²) in [6.45, 7) is 9.19. The van der Waals surface area contributed by atoms with Crippen molar-refractivity contribution in [3.05, 3.63) is 70.2 Å². The Labute approximate surface area is 189 Å². The number of benzene rings is 2. The molecule has 2 aromatic rings. The van der Waals surface area contributed by atoms with Gasteiger partial charge in [-0.05, 0) is 53.4 Å². The Bertz CT molecular complexity index is 942. The standard InChI is InChI=1S/C27H32BrNO/c1-25(2)17-24-18-26(3,19-25)20-29(24)16-8-7-15-27(30,21-9-5-4-6-10-21)22-11-13-23(28)14-12-22/h4-6,9-14,24,30H,15-20H2,1-3H3/t24-,26-,27+/m1/s1. The summed E-state index contributed by atoms with van der Waals surface area (Å²) in [7, 11) is 0. The summed E-state index contributed by atoms with van der Waals surface area (Å²) in [5.41, 5.74) is 1.50. The van der Waals surface area contributed by atoms with Crippen LogP contribution in [0, 0.1) is 22.7 Å². The van der Waals surface area contributed by atoms with E-state index >= 15 is 0 Å². The number of hydrogen-bond donors (Lipinski definition) is 1. The number of fused-ring (bicyclic) bond motifs is 2. The maximum atomic E-state index is 11.7. The van der Waals surface area contributed by atoms with E-state index in [4.69, 9.17) is 0 Å². The lowest BCUT2D eigenvalue weighted by molar-refractivity contribution is 0.0864. The molecule has 3 heteroatoms. The fourth-order valence-electron chi connectivity index (χ4n) is 5.92. The van der Waals surface area contributed by atoms with Crippen molar-refractivity contribution in [3.8, 4) is 11.8 Å². The number of likely N-dealkylation sites (tertiary alicyclic amines) is 1. The molecule has 0 amide bonds. The summed E-state index contributed by atoms with van der Waals surface area (Å²) in [5, 5.41) is 11.7. The molecule has 2 bridgehead atoms. The van der Waals surface area contributed by atoms with E-state index in [2.05, 4.69) is 53.4 Å². The minimum absolute atomic E-state index is 0.389. The normalized spacial score (nSPS) is 27.2. The first-order valence-electron chi connectivity index (χ1n) is 10.9. The minimum Gasteiger partial charge on any atom is -0.379 e. The van der Waals surface area contributed by atoms with Gasteiger partial charge in [-0.15, -0.1) is 0 Å². The van der Waals surface area contributed by atoms with Crippen molar-refractivity contribution in [2.75, 3.05) is 13.1 Å². The summed E-state index contributed by atoms with van der Waals surface area (Å²) >= 11 is 3.49. The van der Waals surface area contributed by atoms with Gasteiger partial charge in [-0.25, -0.2) is 0 Å². The second kappa shape index (κ2) is 8.15. The fourth-order valence-corrected chi connectivity index (χ4v) is 6.18. The van der Waals surface area contributed by atoms with E-state index in [-0.39, 0.29) is 0 Å². The molecule has 2 aliphatic rings. The summed E-state index contributed by atoms with van der Waals surface area (Å²) in [4.78, 5) is 2.57. The second-order valence-corrected chi connectivity index (χ2v) is 11.3. The Morgan fingerprint density at radius 2 is 1.67 bits per heavy atom. The quantitative estimate of drug-likeness (QED) is 0.561. The van der Waals surface area contributed by atoms with Gasteiger partial charge in [0, 0.05) is 23.5 Å². The van der Waals surface area contributed by atoms with Crippen LogP contribution in [0.4, 0.5) is 0 Å². The third kappa shape index (κ3) is 4.52. The van der Waals surface area contributed by atoms with Crippen molar-refractivity contribution in [1.29, 1.82) is 0 Å². The highest BCUT2D eigenvalue weighted by molar-refractivity contribution is 9.10. The molecule has 0 spiro atoms. The Balaban J connectivity index is 1.51. The van der Waals surface area contributed by atoms with Gasteiger partial charge in [0.2, 0.25) is 0 Å². The van der Waals surface area contributed by atoms with Crippen LogP contribution < -0.4 is 0 Å². The van der Waals surface area contributed by atoms with Gasteiger partial charge >= 0.3 is 0 Å². The number of rotatable bonds is 4. The van der Waals surface area contributed by atoms with E-state index in [1.54, 1.807) is 0 Å². The smallest absolute Gasteiger partial charge is 0.125 e. The first-order valence-corrected chi connectivity index (χ1v) is 11.7. The number of halogens is 1. The van der Waals surface area contributed by atoms with Crippen LogP contribution in [0.25, 0.3) is 0 Å². The topological polar surface area (TPSA) is 23.5 Å². The molecule has 158 valence electrons. The molecule has 0 aromatic heterocycles. The van der Waals surface area contributed by atoms with Crippen molar-refractivity contribution in [1.82, 2.24) is 4.90 Å². The second-order valence-electron chi connectivity index (χ2n) is 10.4. The summed E-state index contributed by atoms with van der Waals surface area (Å²) in [6.07, 6.45) is 4.25. The van der Waals surface area contributed by atoms with E-state index in [0.29, 0.717) is 23.3 Å². The molecule has 0 unspecified atom stereocenters. The third-order valence-electron chi connectivity index (χ3n) is 6.85. The third-order valence-corrected chi connectivity index (χ3v) is 7.38. The van der Waals surface area contributed by atoms with Crippen LogP contribution in [0.2, 0.25) is 0 Å². The molecule has 1 saturated heterocycles. The molecule has 2 nitrogen and oxygen atoms in total. The highest BCUT2D eigenvalue weighted by atomic mass is 79.9. The zero-order chi connectivity index (χ0) is 21.4. The first-order chi connectivity index (χ1) is 14.2. The predicted molar refractivity (Wildman–Crippen MR) is 127 cm³/mol. The van der Waals surface area contributed by atoms with Crippen LogP contribution in [0.3, 0.4) is 0 Å². The van der Waals surface area contributed by atoms with Crippen molar-refractivity contribution in [2.24, 2.45) is 10.8 Å². The molecule has 1 saturated carbocycles. The molecule has 2 fully saturated rings. The summed E-state index contributed by atoms with van der Waals surface area (Å²) < 4.78 is 1.00. The van der Waals surface area contributed by atoms with Crippen molar-refractivity contribution in [2.45, 2.75) is 58.1 Å². The molecular weight excluding hydrogens is 434 g/mol. The predicted octanol–water partition coefficient (Wildman–Crippen LogP) is 5.98. The molecular formula is C27H32BrNO. The van der Waals surface area contributed by atoms with E-state index in [1.807, 2.05) is 54.6 Å². The van der Waals surface area contributed by atoms with Gasteiger partial charge in [0.25, 0.3) is 0 Å². The molecule has 30 heavy (non-hydrogen) atoms. The van der Waals surface area contributed by atoms with Crippen LogP contribution in [-0.2, 0) is 5.60 Å². The van der Waals surface area contributed by atoms with Crippen LogP contribution in [-0.4, -0.2) is 29.1 Å². The molecule has 1 aliphatic carbocycles. The van der Waals surface area contributed by atoms with Crippen molar-refractivity contribution in [3.63, 3.8) is 0 Å². The monoisotopic (exact) mass is 465 g/mol. The van der Waals surface area contributed by atoms with Crippen molar-refractivity contribution < 1.29 is 5.11 Å². The largest absolute Gasteiger partial charge is 0.379 e. The zero-order valence-electron chi connectivity index (χ0n) is 18.3. The van der Waals surface area contributed by atoms with Gasteiger partial charge in [-0.1, -0.05) is 91.0 Å². The maximum Gasteiger partial charge on any atom is 0.125 e. The molecule has 3 atom stereocenters. The van der Waals surface area contributed by atoms with Crippen LogP contribution in [0.1, 0.15) is 57.6 Å². The van der Waals surface area contributed by atoms with Crippen LogP contribution >= 0.6 is 15.9 Å². The van der Waals surface area contributed by atoms with E-state index < -0.39 is 5.60 Å². The lowest BCUT2D eigenvalue weighted by Crippen LogP contribution is -2.34. The average Bonchev–Trinajstić information content (AvgIpc) is 2.94. The average molecular weight is 466 g/mol. The van der Waals surface area contributed by atoms with Crippen molar-refractivity contribution >= 4 is 15.9 Å². The highest BCUT2D eigenvalue weighted by Crippen LogP contribution is 2.52. The van der Waals surface area contributed by atoms with Gasteiger partial charge in [0.05, 0.1) is 6.54 Å². The Morgan fingerprint density at radius 3 is 2.37 bits per heavy atom. The first kappa shape index (κ1) is 21.6. The van der Waals surface area contributed by atoms with E-state index in [1.165, 1.54) is 19.3 Å². The summed E-state index contributed by atoms with van der Waals surface area (Å²) in [6, 6.07) is 18.4. The molecule has 1 N–H and O–H groups in total. The number of aliphatic hydroxyl groups is 1. The van der Waals surface area contributed by atoms with Gasteiger partial charge in [-0.2, -0.15) is 0 Å². The van der Waals surface area contributed by atoms with Crippen LogP contribution in [0.5, 0.6) is 0 Å². The lowest BCUT2D eigenvalue weighted by atomic mass is 9.65. The maximum absolute atomic E-state index is 11.7. The Kier molecular flexibility index (Phi) is 5.88. The molecule has 2 aromatic carbocycles. The van der Waals surface area contributed by atoms with E-state index in [9.17, 15) is 5.11 Å². The van der Waals surface area contributed by atoms with E-state index in [0.717, 1.165) is 28.7 Å². The van der Waals surface area contributed by atoms with Gasteiger partial charge in [0.15, 0.2) is 0 Å². The molecule has 0 radical (unpaired) electrons. The highest BCUT2D eigenvalue weighted by Gasteiger charge is 2.49. The Hall–Kier alpha value is -1.60. The minimum atomic E-state index is -1.11. The summed E-state index contributed by atoms with van der Waals surface area (Å²) in [5.74, 6) is 6.72. The Morgan fingerprint density at radius 1 is 1.00 bits per heavy atom. The van der Waals surface area contributed by atoms with Gasteiger partial charge < -0.3 is 5.11 Å². The van der Waals surface area contributed by atoms with Gasteiger partial charge in [-0.3, -0.25) is 4.90 Å². The number of hydrogen-bond acceptors (Lipinski definition) is 2. The number of nitrogens with zero attached hydrogens (tertiary/aromatic N) is 1. The van der Waals surface area contributed by atoms with Gasteiger partial charge in [0.1, 0.15) is 5.60 Å².